The van der Waals surface area contributed by atoms with Gasteiger partial charge in [0, 0.05) is 21.9 Å². The molecule has 1 atom stereocenters. The van der Waals surface area contributed by atoms with Crippen molar-refractivity contribution in [3.05, 3.63) is 119 Å². The Labute approximate surface area is 229 Å². The van der Waals surface area contributed by atoms with Gasteiger partial charge in [0.25, 0.3) is 0 Å². The van der Waals surface area contributed by atoms with E-state index in [4.69, 9.17) is 4.74 Å². The fraction of sp³-hybridized carbons (Fsp3) is 0.303. The Bertz CT molecular complexity index is 1330. The summed E-state index contributed by atoms with van der Waals surface area (Å²) in [7, 11) is 0. The van der Waals surface area contributed by atoms with Crippen molar-refractivity contribution in [1.82, 2.24) is 4.90 Å². The third-order valence-corrected chi connectivity index (χ3v) is 8.75. The largest absolute Gasteiger partial charge is 0.463 e. The van der Waals surface area contributed by atoms with Crippen LogP contribution in [0.1, 0.15) is 41.3 Å². The molecule has 0 aliphatic carbocycles. The highest BCUT2D eigenvalue weighted by Crippen LogP contribution is 2.36. The lowest BCUT2D eigenvalue weighted by atomic mass is 9.85. The first kappa shape index (κ1) is 26.4. The number of carbonyl (C=O) groups is 1. The number of rotatable bonds is 9. The van der Waals surface area contributed by atoms with Crippen molar-refractivity contribution in [2.75, 3.05) is 19.7 Å². The number of nitrogens with zero attached hydrogens (tertiary/aromatic N) is 1. The Morgan fingerprint density at radius 1 is 0.921 bits per heavy atom. The number of likely N-dealkylation sites (tertiary alicyclic amines) is 1. The Morgan fingerprint density at radius 3 is 2.29 bits per heavy atom. The topological polar surface area (TPSA) is 49.8 Å². The summed E-state index contributed by atoms with van der Waals surface area (Å²) in [5.74, 6) is -0.330. The standard InChI is InChI=1S/C33H35NO3S/c1-2-30-16-17-31(38-30)27-12-9-15-29(22-27)33(36,28-13-7-4-8-14-28)32(35)37-24-26-18-20-34(21-19-26)23-25-10-5-3-6-11-25/h3-17,22,26,36H,2,18-21,23-24H2,1H3/t33-/m0/s1. The maximum Gasteiger partial charge on any atom is 0.347 e. The van der Waals surface area contributed by atoms with Crippen molar-refractivity contribution in [3.63, 3.8) is 0 Å². The molecule has 5 heteroatoms. The van der Waals surface area contributed by atoms with Crippen LogP contribution in [0, 0.1) is 5.92 Å². The molecule has 196 valence electrons. The Balaban J connectivity index is 1.29. The van der Waals surface area contributed by atoms with E-state index >= 15 is 0 Å². The Kier molecular flexibility index (Phi) is 8.38. The van der Waals surface area contributed by atoms with Crippen LogP contribution < -0.4 is 0 Å². The van der Waals surface area contributed by atoms with E-state index in [0.717, 1.165) is 49.3 Å². The summed E-state index contributed by atoms with van der Waals surface area (Å²) in [6.07, 6.45) is 2.92. The van der Waals surface area contributed by atoms with Gasteiger partial charge in [-0.25, -0.2) is 4.79 Å². The molecule has 0 saturated carbocycles. The van der Waals surface area contributed by atoms with Crippen LogP contribution in [-0.2, 0) is 28.1 Å². The average Bonchev–Trinajstić information content (AvgIpc) is 3.47. The van der Waals surface area contributed by atoms with Crippen LogP contribution in [-0.4, -0.2) is 35.7 Å². The van der Waals surface area contributed by atoms with Crippen molar-refractivity contribution in [3.8, 4) is 10.4 Å². The number of benzene rings is 3. The van der Waals surface area contributed by atoms with Crippen molar-refractivity contribution < 1.29 is 14.6 Å². The van der Waals surface area contributed by atoms with E-state index in [-0.39, 0.29) is 5.92 Å². The zero-order valence-corrected chi connectivity index (χ0v) is 22.7. The number of piperidine rings is 1. The molecule has 3 aromatic carbocycles. The molecule has 1 aromatic heterocycles. The number of ether oxygens (including phenoxy) is 1. The minimum Gasteiger partial charge on any atom is -0.463 e. The monoisotopic (exact) mass is 525 g/mol. The number of carbonyl (C=O) groups excluding carboxylic acids is 1. The van der Waals surface area contributed by atoms with Crippen molar-refractivity contribution >= 4 is 17.3 Å². The molecule has 0 amide bonds. The van der Waals surface area contributed by atoms with Crippen molar-refractivity contribution in [2.45, 2.75) is 38.3 Å². The predicted octanol–water partition coefficient (Wildman–Crippen LogP) is 6.67. The maximum atomic E-state index is 13.6. The van der Waals surface area contributed by atoms with Crippen LogP contribution in [0.25, 0.3) is 10.4 Å². The second kappa shape index (κ2) is 12.1. The summed E-state index contributed by atoms with van der Waals surface area (Å²) in [5, 5.41) is 12.0. The molecule has 1 fully saturated rings. The van der Waals surface area contributed by atoms with Gasteiger partial charge in [-0.1, -0.05) is 85.8 Å². The molecule has 38 heavy (non-hydrogen) atoms. The highest BCUT2D eigenvalue weighted by Gasteiger charge is 2.42. The first-order valence-electron chi connectivity index (χ1n) is 13.5. The van der Waals surface area contributed by atoms with E-state index < -0.39 is 11.6 Å². The summed E-state index contributed by atoms with van der Waals surface area (Å²) in [5.41, 5.74) is 1.47. The molecule has 0 unspecified atom stereocenters. The minimum atomic E-state index is -1.88. The second-order valence-corrected chi connectivity index (χ2v) is 11.2. The molecule has 0 radical (unpaired) electrons. The SMILES string of the molecule is CCc1ccc(-c2cccc([C@](O)(C(=O)OCC3CCN(Cc4ccccc4)CC3)c3ccccc3)c2)s1. The highest BCUT2D eigenvalue weighted by atomic mass is 32.1. The lowest BCUT2D eigenvalue weighted by Gasteiger charge is -2.33. The van der Waals surface area contributed by atoms with E-state index in [1.165, 1.54) is 10.4 Å². The second-order valence-electron chi connectivity index (χ2n) is 10.1. The van der Waals surface area contributed by atoms with Gasteiger partial charge >= 0.3 is 5.97 Å². The summed E-state index contributed by atoms with van der Waals surface area (Å²) in [4.78, 5) is 18.5. The normalized spacial score (nSPS) is 16.2. The van der Waals surface area contributed by atoms with Crippen LogP contribution in [0.15, 0.2) is 97.1 Å². The lowest BCUT2D eigenvalue weighted by Crippen LogP contribution is -2.40. The molecule has 4 aromatic rings. The van der Waals surface area contributed by atoms with Gasteiger partial charge in [-0.2, -0.15) is 0 Å². The zero-order valence-electron chi connectivity index (χ0n) is 21.9. The molecule has 2 heterocycles. The van der Waals surface area contributed by atoms with Crippen LogP contribution in [0.3, 0.4) is 0 Å². The number of aryl methyl sites for hydroxylation is 1. The molecular formula is C33H35NO3S. The summed E-state index contributed by atoms with van der Waals surface area (Å²) >= 11 is 1.74. The quantitative estimate of drug-likeness (QED) is 0.248. The number of hydrogen-bond donors (Lipinski definition) is 1. The van der Waals surface area contributed by atoms with Gasteiger partial charge in [0.1, 0.15) is 0 Å². The molecule has 4 nitrogen and oxygen atoms in total. The van der Waals surface area contributed by atoms with E-state index in [0.29, 0.717) is 17.7 Å². The number of aliphatic hydroxyl groups is 1. The van der Waals surface area contributed by atoms with Gasteiger partial charge in [0.05, 0.1) is 6.61 Å². The summed E-state index contributed by atoms with van der Waals surface area (Å²) < 4.78 is 5.87. The van der Waals surface area contributed by atoms with Gasteiger partial charge in [-0.15, -0.1) is 11.3 Å². The molecule has 1 aliphatic heterocycles. The molecule has 0 bridgehead atoms. The maximum absolute atomic E-state index is 13.6. The van der Waals surface area contributed by atoms with Crippen LogP contribution in [0.4, 0.5) is 0 Å². The predicted molar refractivity (Wildman–Crippen MR) is 154 cm³/mol. The average molecular weight is 526 g/mol. The van der Waals surface area contributed by atoms with Gasteiger partial charge in [0.15, 0.2) is 0 Å². The van der Waals surface area contributed by atoms with Gasteiger partial charge < -0.3 is 9.84 Å². The Hall–Kier alpha value is -3.25. The zero-order chi connectivity index (χ0) is 26.4. The van der Waals surface area contributed by atoms with E-state index in [9.17, 15) is 9.90 Å². The highest BCUT2D eigenvalue weighted by molar-refractivity contribution is 7.15. The third kappa shape index (κ3) is 5.91. The molecule has 0 spiro atoms. The van der Waals surface area contributed by atoms with E-state index in [2.05, 4.69) is 48.2 Å². The van der Waals surface area contributed by atoms with E-state index in [1.54, 1.807) is 23.5 Å². The smallest absolute Gasteiger partial charge is 0.347 e. The molecule has 1 saturated heterocycles. The van der Waals surface area contributed by atoms with Crippen LogP contribution in [0.5, 0.6) is 0 Å². The van der Waals surface area contributed by atoms with Gasteiger partial charge in [-0.3, -0.25) is 4.90 Å². The van der Waals surface area contributed by atoms with E-state index in [1.807, 2.05) is 48.5 Å². The molecule has 5 rings (SSSR count). The van der Waals surface area contributed by atoms with Crippen LogP contribution in [0.2, 0.25) is 0 Å². The summed E-state index contributed by atoms with van der Waals surface area (Å²) in [6.45, 7) is 5.35. The van der Waals surface area contributed by atoms with Crippen molar-refractivity contribution in [2.24, 2.45) is 5.92 Å². The first-order valence-corrected chi connectivity index (χ1v) is 14.3. The molecule has 1 aliphatic rings. The molecule has 1 N–H and O–H groups in total. The number of esters is 1. The molecular weight excluding hydrogens is 490 g/mol. The van der Waals surface area contributed by atoms with Crippen molar-refractivity contribution in [1.29, 1.82) is 0 Å². The lowest BCUT2D eigenvalue weighted by molar-refractivity contribution is -0.164. The summed E-state index contributed by atoms with van der Waals surface area (Å²) in [6, 6.07) is 31.6. The fourth-order valence-corrected chi connectivity index (χ4v) is 6.10. The Morgan fingerprint density at radius 2 is 1.61 bits per heavy atom. The number of hydrogen-bond acceptors (Lipinski definition) is 5. The van der Waals surface area contributed by atoms with Gasteiger partial charge in [-0.05, 0) is 73.2 Å². The number of thiophene rings is 1. The first-order chi connectivity index (χ1) is 18.6. The van der Waals surface area contributed by atoms with Gasteiger partial charge in [0.2, 0.25) is 5.60 Å². The minimum absolute atomic E-state index is 0.288. The third-order valence-electron chi connectivity index (χ3n) is 7.47. The van der Waals surface area contributed by atoms with Crippen LogP contribution >= 0.6 is 11.3 Å². The fourth-order valence-electron chi connectivity index (χ4n) is 5.15.